The van der Waals surface area contributed by atoms with E-state index in [1.54, 1.807) is 0 Å². The van der Waals surface area contributed by atoms with Crippen LogP contribution in [-0.4, -0.2) is 0 Å². The zero-order valence-corrected chi connectivity index (χ0v) is 6.69. The van der Waals surface area contributed by atoms with Gasteiger partial charge in [0.2, 0.25) is 0 Å². The Hall–Kier alpha value is 0.673. The van der Waals surface area contributed by atoms with Crippen LogP contribution in [-0.2, 0) is 19.5 Å². The molecule has 0 aromatic heterocycles. The zero-order chi connectivity index (χ0) is 0. The Balaban J connectivity index is 0. The Bertz CT molecular complexity index is 8.49. The minimum absolute atomic E-state index is 0. The van der Waals surface area contributed by atoms with E-state index >= 15 is 0 Å². The van der Waals surface area contributed by atoms with Crippen molar-refractivity contribution in [1.82, 2.24) is 0 Å². The van der Waals surface area contributed by atoms with Gasteiger partial charge in [0.25, 0.3) is 0 Å². The minimum Gasteiger partial charge on any atom is -1.00 e. The molecule has 0 saturated carbocycles. The molecule has 0 aliphatic carbocycles. The summed E-state index contributed by atoms with van der Waals surface area (Å²) in [5, 5.41) is 0. The van der Waals surface area contributed by atoms with Crippen molar-refractivity contribution in [2.75, 3.05) is 0 Å². The standard InChI is InChI=1S/ClH.6H2N.Ru/h1H;6*1H2;/q;6*-1;+8/p-1. The van der Waals surface area contributed by atoms with Gasteiger partial charge in [0.05, 0.1) is 0 Å². The third-order valence-electron chi connectivity index (χ3n) is 0. The fraction of sp³-hybridized carbons (Fsp3) is 0. The first-order valence-corrected chi connectivity index (χ1v) is 0. The van der Waals surface area contributed by atoms with Gasteiger partial charge in [-0.1, -0.05) is 0 Å². The number of halogens is 1. The molecule has 0 spiro atoms. The molecule has 6 nitrogen and oxygen atoms in total. The summed E-state index contributed by atoms with van der Waals surface area (Å²) in [5.41, 5.74) is 0. The molecule has 0 bridgehead atoms. The molecule has 0 aliphatic rings. The van der Waals surface area contributed by atoms with Crippen LogP contribution in [0, 0.1) is 0 Å². The molecule has 8 heteroatoms. The van der Waals surface area contributed by atoms with Gasteiger partial charge in [-0.2, -0.15) is 0 Å². The van der Waals surface area contributed by atoms with E-state index < -0.39 is 0 Å². The molecule has 0 amide bonds. The van der Waals surface area contributed by atoms with E-state index in [1.165, 1.54) is 0 Å². The van der Waals surface area contributed by atoms with E-state index in [9.17, 15) is 0 Å². The summed E-state index contributed by atoms with van der Waals surface area (Å²) in [6.45, 7) is 0. The van der Waals surface area contributed by atoms with Crippen LogP contribution in [0.2, 0.25) is 0 Å². The van der Waals surface area contributed by atoms with Crippen molar-refractivity contribution in [3.05, 3.63) is 36.9 Å². The SMILES string of the molecule is [Cl-].[NH2-].[NH2-].[NH2-].[NH2-].[NH2-].[NH2-].[Ru+8]. The molecule has 0 rings (SSSR count). The fourth-order valence-corrected chi connectivity index (χ4v) is 0. The molecule has 0 fully saturated rings. The van der Waals surface area contributed by atoms with Crippen molar-refractivity contribution in [1.29, 1.82) is 0 Å². The summed E-state index contributed by atoms with van der Waals surface area (Å²) in [4.78, 5) is 0. The van der Waals surface area contributed by atoms with Crippen molar-refractivity contribution in [3.8, 4) is 0 Å². The Labute approximate surface area is 69.2 Å². The molecule has 56 valence electrons. The fourth-order valence-electron chi connectivity index (χ4n) is 0. The molecule has 0 aliphatic heterocycles. The van der Waals surface area contributed by atoms with Crippen molar-refractivity contribution in [2.24, 2.45) is 0 Å². The number of hydrogen-bond donors (Lipinski definition) is 0. The van der Waals surface area contributed by atoms with Crippen LogP contribution in [0.25, 0.3) is 36.9 Å². The summed E-state index contributed by atoms with van der Waals surface area (Å²) >= 11 is 0. The van der Waals surface area contributed by atoms with Crippen LogP contribution in [0.4, 0.5) is 0 Å². The number of rotatable bonds is 0. The van der Waals surface area contributed by atoms with Crippen molar-refractivity contribution in [2.45, 2.75) is 0 Å². The van der Waals surface area contributed by atoms with Gasteiger partial charge >= 0.3 is 19.5 Å². The van der Waals surface area contributed by atoms with Crippen molar-refractivity contribution in [3.63, 3.8) is 0 Å². The normalized spacial score (nSPS) is 0. The van der Waals surface area contributed by atoms with Crippen LogP contribution < -0.4 is 12.4 Å². The molecule has 0 aromatic carbocycles. The third-order valence-corrected chi connectivity index (χ3v) is 0. The van der Waals surface area contributed by atoms with Gasteiger partial charge < -0.3 is 49.3 Å². The third kappa shape index (κ3) is 474. The van der Waals surface area contributed by atoms with Gasteiger partial charge in [-0.05, 0) is 0 Å². The van der Waals surface area contributed by atoms with Crippen molar-refractivity contribution < 1.29 is 31.9 Å². The van der Waals surface area contributed by atoms with E-state index in [0.29, 0.717) is 0 Å². The first-order chi connectivity index (χ1) is 0. The second-order valence-electron chi connectivity index (χ2n) is 0. The van der Waals surface area contributed by atoms with E-state index in [1.807, 2.05) is 0 Å². The van der Waals surface area contributed by atoms with Crippen LogP contribution in [0.1, 0.15) is 0 Å². The van der Waals surface area contributed by atoms with Crippen LogP contribution in [0.5, 0.6) is 0 Å². The van der Waals surface area contributed by atoms with E-state index in [-0.39, 0.29) is 68.8 Å². The van der Waals surface area contributed by atoms with Crippen LogP contribution in [0.3, 0.4) is 0 Å². The van der Waals surface area contributed by atoms with Gasteiger partial charge in [-0.3, -0.25) is 0 Å². The second kappa shape index (κ2) is 754. The van der Waals surface area contributed by atoms with Gasteiger partial charge in [0.1, 0.15) is 0 Å². The van der Waals surface area contributed by atoms with E-state index in [0.717, 1.165) is 0 Å². The van der Waals surface area contributed by atoms with Gasteiger partial charge in [0.15, 0.2) is 0 Å². The van der Waals surface area contributed by atoms with Crippen LogP contribution >= 0.6 is 0 Å². The zero-order valence-electron chi connectivity index (χ0n) is 4.20. The molecular weight excluding hydrogens is 221 g/mol. The molecule has 0 atom stereocenters. The van der Waals surface area contributed by atoms with Gasteiger partial charge in [0, 0.05) is 0 Å². The first-order valence-electron chi connectivity index (χ1n) is 0. The average molecular weight is 233 g/mol. The predicted octanol–water partition coefficient (Wildman–Crippen LogP) is 1.30. The Morgan fingerprint density at radius 2 is 0.375 bits per heavy atom. The monoisotopic (exact) mass is 233 g/mol. The maximum Gasteiger partial charge on any atom is 8.00 e. The minimum atomic E-state index is 0. The maximum absolute atomic E-state index is 0. The molecule has 0 heterocycles. The summed E-state index contributed by atoms with van der Waals surface area (Å²) < 4.78 is 0. The average Bonchev–Trinajstić information content (AvgIpc) is 0. The van der Waals surface area contributed by atoms with E-state index in [2.05, 4.69) is 0 Å². The molecule has 12 N–H and O–H groups in total. The summed E-state index contributed by atoms with van der Waals surface area (Å²) in [5.74, 6) is 0. The van der Waals surface area contributed by atoms with Crippen molar-refractivity contribution >= 4 is 0 Å². The summed E-state index contributed by atoms with van der Waals surface area (Å²) in [6, 6.07) is 0. The molecule has 0 aromatic rings. The largest absolute Gasteiger partial charge is 8.00 e. The topological polar surface area (TPSA) is 201 Å². The Kier molecular flexibility index (Phi) is 106000. The second-order valence-corrected chi connectivity index (χ2v) is 0. The Morgan fingerprint density at radius 3 is 0.375 bits per heavy atom. The maximum atomic E-state index is 0. The molecule has 0 unspecified atom stereocenters. The van der Waals surface area contributed by atoms with Crippen LogP contribution in [0.15, 0.2) is 0 Å². The first kappa shape index (κ1) is 1130. The van der Waals surface area contributed by atoms with Gasteiger partial charge in [-0.15, -0.1) is 0 Å². The predicted molar refractivity (Wildman–Crippen MR) is 31.7 cm³/mol. The molecule has 0 saturated heterocycles. The molecular formula is H12ClN6Ru+. The summed E-state index contributed by atoms with van der Waals surface area (Å²) in [6.07, 6.45) is 0. The Morgan fingerprint density at radius 1 is 0.375 bits per heavy atom. The quantitative estimate of drug-likeness (QED) is 0.542. The smallest absolute Gasteiger partial charge is 1.00 e. The number of hydrogen-bond acceptors (Lipinski definition) is 0. The number of nitrogens with two attached hydrogens (primary N) is 6. The summed E-state index contributed by atoms with van der Waals surface area (Å²) in [7, 11) is 0. The van der Waals surface area contributed by atoms with E-state index in [4.69, 9.17) is 0 Å². The molecule has 8 heavy (non-hydrogen) atoms. The van der Waals surface area contributed by atoms with Gasteiger partial charge in [-0.25, -0.2) is 0 Å². The molecule has 0 radical (unpaired) electrons.